The van der Waals surface area contributed by atoms with E-state index in [0.717, 1.165) is 11.6 Å². The van der Waals surface area contributed by atoms with Crippen molar-refractivity contribution in [3.05, 3.63) is 76.4 Å². The normalized spacial score (nSPS) is 12.2. The van der Waals surface area contributed by atoms with Crippen LogP contribution >= 0.6 is 11.6 Å². The van der Waals surface area contributed by atoms with E-state index >= 15 is 0 Å². The lowest BCUT2D eigenvalue weighted by atomic mass is 9.87. The molecule has 0 aliphatic rings. The molecule has 31 heavy (non-hydrogen) atoms. The van der Waals surface area contributed by atoms with Crippen molar-refractivity contribution >= 4 is 35.0 Å². The fraction of sp³-hybridized carbons (Fsp3) is 0.227. The Balaban J connectivity index is 1.92. The molecule has 0 unspecified atom stereocenters. The van der Waals surface area contributed by atoms with Gasteiger partial charge in [-0.1, -0.05) is 50.6 Å². The minimum Gasteiger partial charge on any atom is -0.326 e. The lowest BCUT2D eigenvalue weighted by molar-refractivity contribution is 0.0977. The van der Waals surface area contributed by atoms with Gasteiger partial charge in [-0.25, -0.2) is 8.78 Å². The van der Waals surface area contributed by atoms with Gasteiger partial charge < -0.3 is 5.32 Å². The number of hydrogen-bond donors (Lipinski definition) is 3. The maximum Gasteiger partial charge on any atom is 0.279 e. The Morgan fingerprint density at radius 3 is 2.52 bits per heavy atom. The first kappa shape index (κ1) is 22.4. The van der Waals surface area contributed by atoms with Crippen molar-refractivity contribution in [2.24, 2.45) is 4.99 Å². The van der Waals surface area contributed by atoms with E-state index in [1.54, 1.807) is 18.2 Å². The zero-order chi connectivity index (χ0) is 22.6. The molecule has 9 heteroatoms. The summed E-state index contributed by atoms with van der Waals surface area (Å²) in [6, 6.07) is 15.1. The Bertz CT molecular complexity index is 1110. The highest BCUT2D eigenvalue weighted by atomic mass is 35.5. The van der Waals surface area contributed by atoms with Gasteiger partial charge in [0.25, 0.3) is 12.3 Å². The van der Waals surface area contributed by atoms with Crippen LogP contribution in [0.25, 0.3) is 0 Å². The number of alkyl halides is 2. The van der Waals surface area contributed by atoms with E-state index in [1.807, 2.05) is 24.3 Å². The second-order valence-electron chi connectivity index (χ2n) is 7.86. The van der Waals surface area contributed by atoms with Crippen LogP contribution in [0.15, 0.2) is 59.6 Å². The van der Waals surface area contributed by atoms with Crippen molar-refractivity contribution in [3.63, 3.8) is 0 Å². The van der Waals surface area contributed by atoms with Gasteiger partial charge in [0.05, 0.1) is 0 Å². The number of anilines is 1. The molecular formula is C22H22ClF2N5O. The van der Waals surface area contributed by atoms with E-state index in [0.29, 0.717) is 16.3 Å². The number of guanidine groups is 1. The number of carbonyl (C=O) groups is 1. The number of benzene rings is 2. The van der Waals surface area contributed by atoms with Gasteiger partial charge in [-0.2, -0.15) is 10.1 Å². The highest BCUT2D eigenvalue weighted by molar-refractivity contribution is 6.31. The lowest BCUT2D eigenvalue weighted by Gasteiger charge is -2.20. The molecule has 6 nitrogen and oxygen atoms in total. The van der Waals surface area contributed by atoms with Crippen molar-refractivity contribution in [2.45, 2.75) is 32.6 Å². The smallest absolute Gasteiger partial charge is 0.279 e. The van der Waals surface area contributed by atoms with Crippen molar-refractivity contribution in [2.75, 3.05) is 5.32 Å². The maximum absolute atomic E-state index is 12.9. The van der Waals surface area contributed by atoms with E-state index in [-0.39, 0.29) is 22.9 Å². The molecule has 0 saturated heterocycles. The largest absolute Gasteiger partial charge is 0.326 e. The van der Waals surface area contributed by atoms with E-state index in [9.17, 15) is 13.6 Å². The summed E-state index contributed by atoms with van der Waals surface area (Å²) in [5.74, 6) is -0.440. The van der Waals surface area contributed by atoms with Crippen molar-refractivity contribution < 1.29 is 13.6 Å². The van der Waals surface area contributed by atoms with Gasteiger partial charge in [0.2, 0.25) is 5.96 Å². The summed E-state index contributed by atoms with van der Waals surface area (Å²) in [5, 5.41) is 12.1. The minimum atomic E-state index is -2.71. The van der Waals surface area contributed by atoms with Crippen LogP contribution in [-0.4, -0.2) is 22.1 Å². The van der Waals surface area contributed by atoms with E-state index in [2.05, 4.69) is 46.6 Å². The third kappa shape index (κ3) is 6.11. The van der Waals surface area contributed by atoms with Gasteiger partial charge in [-0.15, -0.1) is 0 Å². The Hall–Kier alpha value is -3.26. The fourth-order valence-electron chi connectivity index (χ4n) is 2.71. The van der Waals surface area contributed by atoms with Crippen LogP contribution in [0, 0.1) is 0 Å². The van der Waals surface area contributed by atoms with Gasteiger partial charge in [0.15, 0.2) is 5.82 Å². The molecule has 1 aromatic heterocycles. The molecule has 0 radical (unpaired) electrons. The molecule has 1 heterocycles. The summed E-state index contributed by atoms with van der Waals surface area (Å²) in [7, 11) is 0. The third-order valence-electron chi connectivity index (χ3n) is 4.36. The summed E-state index contributed by atoms with van der Waals surface area (Å²) >= 11 is 5.97. The summed E-state index contributed by atoms with van der Waals surface area (Å²) < 4.78 is 25.7. The first-order valence-electron chi connectivity index (χ1n) is 9.48. The third-order valence-corrected chi connectivity index (χ3v) is 4.59. The molecule has 1 amide bonds. The Morgan fingerprint density at radius 2 is 1.87 bits per heavy atom. The molecule has 3 rings (SSSR count). The van der Waals surface area contributed by atoms with Crippen LogP contribution in [0.5, 0.6) is 0 Å². The molecule has 3 aromatic rings. The van der Waals surface area contributed by atoms with Crippen molar-refractivity contribution in [1.82, 2.24) is 15.5 Å². The van der Waals surface area contributed by atoms with E-state index < -0.39 is 12.3 Å². The Labute approximate surface area is 183 Å². The molecule has 3 N–H and O–H groups in total. The first-order chi connectivity index (χ1) is 14.6. The zero-order valence-electron chi connectivity index (χ0n) is 17.2. The number of rotatable bonds is 4. The number of aromatic amines is 1. The van der Waals surface area contributed by atoms with Crippen LogP contribution in [0.3, 0.4) is 0 Å². The van der Waals surface area contributed by atoms with Crippen LogP contribution in [0.1, 0.15) is 48.8 Å². The molecule has 0 saturated carbocycles. The summed E-state index contributed by atoms with van der Waals surface area (Å²) in [4.78, 5) is 16.9. The highest BCUT2D eigenvalue weighted by Gasteiger charge is 2.16. The van der Waals surface area contributed by atoms with Gasteiger partial charge in [-0.3, -0.25) is 15.2 Å². The summed E-state index contributed by atoms with van der Waals surface area (Å²) in [6.45, 7) is 6.24. The summed E-state index contributed by atoms with van der Waals surface area (Å²) in [6.07, 6.45) is -2.71. The second-order valence-corrected chi connectivity index (χ2v) is 8.30. The van der Waals surface area contributed by atoms with E-state index in [4.69, 9.17) is 11.6 Å². The van der Waals surface area contributed by atoms with Crippen LogP contribution < -0.4 is 10.6 Å². The fourth-order valence-corrected chi connectivity index (χ4v) is 2.90. The number of aromatic nitrogens is 2. The second kappa shape index (κ2) is 9.26. The molecule has 0 aliphatic carbocycles. The highest BCUT2D eigenvalue weighted by Crippen LogP contribution is 2.25. The molecule has 162 valence electrons. The van der Waals surface area contributed by atoms with Gasteiger partial charge in [0, 0.05) is 22.3 Å². The lowest BCUT2D eigenvalue weighted by Crippen LogP contribution is -2.36. The zero-order valence-corrected chi connectivity index (χ0v) is 18.0. The summed E-state index contributed by atoms with van der Waals surface area (Å²) in [5.41, 5.74) is 1.60. The van der Waals surface area contributed by atoms with Crippen LogP contribution in [0.4, 0.5) is 20.3 Å². The van der Waals surface area contributed by atoms with E-state index in [1.165, 1.54) is 6.07 Å². The SMILES string of the molecule is CC(C)(C)c1cccc(NC(=Nc2cc(C(F)F)[nH]n2)NC(=O)c2cccc(Cl)c2)c1. The van der Waals surface area contributed by atoms with Crippen molar-refractivity contribution in [3.8, 4) is 0 Å². The van der Waals surface area contributed by atoms with Crippen molar-refractivity contribution in [1.29, 1.82) is 0 Å². The predicted molar refractivity (Wildman–Crippen MR) is 118 cm³/mol. The standard InChI is InChI=1S/C22H22ClF2N5O/c1-22(2,3)14-7-5-9-16(11-14)26-21(27-18-12-17(19(24)25)29-30-18)28-20(31)13-6-4-8-15(23)10-13/h4-12,19H,1-3H3,(H3,26,27,28,29,30,31). The number of nitrogens with one attached hydrogen (secondary N) is 3. The number of nitrogens with zero attached hydrogens (tertiary/aromatic N) is 2. The molecular weight excluding hydrogens is 424 g/mol. The number of carbonyl (C=O) groups excluding carboxylic acids is 1. The predicted octanol–water partition coefficient (Wildman–Crippen LogP) is 5.83. The average Bonchev–Trinajstić information content (AvgIpc) is 3.16. The number of halogens is 3. The molecule has 0 atom stereocenters. The molecule has 2 aromatic carbocycles. The number of aliphatic imine (C=N–C) groups is 1. The Morgan fingerprint density at radius 1 is 1.13 bits per heavy atom. The average molecular weight is 446 g/mol. The quantitative estimate of drug-likeness (QED) is 0.349. The molecule has 0 bridgehead atoms. The van der Waals surface area contributed by atoms with Gasteiger partial charge >= 0.3 is 0 Å². The monoisotopic (exact) mass is 445 g/mol. The van der Waals surface area contributed by atoms with Crippen LogP contribution in [-0.2, 0) is 5.41 Å². The number of hydrogen-bond acceptors (Lipinski definition) is 3. The van der Waals surface area contributed by atoms with Gasteiger partial charge in [0.1, 0.15) is 5.69 Å². The minimum absolute atomic E-state index is 0.00355. The molecule has 0 spiro atoms. The van der Waals surface area contributed by atoms with Crippen LogP contribution in [0.2, 0.25) is 5.02 Å². The maximum atomic E-state index is 12.9. The Kier molecular flexibility index (Phi) is 6.70. The number of amides is 1. The van der Waals surface area contributed by atoms with Gasteiger partial charge in [-0.05, 0) is 41.3 Å². The molecule has 0 aliphatic heterocycles. The molecule has 0 fully saturated rings. The number of H-pyrrole nitrogens is 1. The first-order valence-corrected chi connectivity index (χ1v) is 9.86. The topological polar surface area (TPSA) is 82.2 Å².